The van der Waals surface area contributed by atoms with Crippen molar-refractivity contribution in [3.05, 3.63) is 40.6 Å². The lowest BCUT2D eigenvalue weighted by Crippen LogP contribution is -2.14. The summed E-state index contributed by atoms with van der Waals surface area (Å²) in [5.41, 5.74) is 6.02. The van der Waals surface area contributed by atoms with E-state index < -0.39 is 11.6 Å². The lowest BCUT2D eigenvalue weighted by atomic mass is 10.2. The Kier molecular flexibility index (Phi) is 6.53. The summed E-state index contributed by atoms with van der Waals surface area (Å²) in [6, 6.07) is 2.24. The van der Waals surface area contributed by atoms with Crippen molar-refractivity contribution in [2.45, 2.75) is 20.4 Å². The number of nitrogens with zero attached hydrogens (tertiary/aromatic N) is 2. The van der Waals surface area contributed by atoms with Crippen molar-refractivity contribution in [2.75, 3.05) is 13.7 Å². The molecule has 24 heavy (non-hydrogen) atoms. The normalized spacial score (nSPS) is 10.2. The van der Waals surface area contributed by atoms with Gasteiger partial charge in [0.2, 0.25) is 5.88 Å². The fourth-order valence-electron chi connectivity index (χ4n) is 2.29. The van der Waals surface area contributed by atoms with Crippen LogP contribution < -0.4 is 15.2 Å². The second-order valence-corrected chi connectivity index (χ2v) is 4.85. The van der Waals surface area contributed by atoms with Crippen LogP contribution in [0.25, 0.3) is 0 Å². The van der Waals surface area contributed by atoms with E-state index >= 15 is 0 Å². The molecule has 0 radical (unpaired) electrons. The largest absolute Gasteiger partial charge is 0.494 e. The Labute approximate surface area is 144 Å². The molecule has 0 amide bonds. The number of amidine groups is 1. The fourth-order valence-corrected chi connectivity index (χ4v) is 2.29. The number of hydrogen-bond acceptors (Lipinski definition) is 4. The highest BCUT2D eigenvalue weighted by atomic mass is 35.5. The molecule has 0 fully saturated rings. The van der Waals surface area contributed by atoms with Crippen LogP contribution >= 0.6 is 12.4 Å². The standard InChI is InChI=1S/C15H18F2N4O2.ClH/c1-4-23-9-5-11(16)10(12(17)6-9)7-21-15(22-3)8(2)13(20-21)14(18)19;/h5-6H,4,7H2,1-3H3,(H3,18,19);1H. The molecule has 0 atom stereocenters. The predicted molar refractivity (Wildman–Crippen MR) is 88.4 cm³/mol. The number of nitrogens with two attached hydrogens (primary N) is 1. The molecule has 0 bridgehead atoms. The molecule has 1 heterocycles. The maximum atomic E-state index is 14.2. The van der Waals surface area contributed by atoms with Crippen molar-refractivity contribution in [1.29, 1.82) is 5.41 Å². The molecule has 9 heteroatoms. The summed E-state index contributed by atoms with van der Waals surface area (Å²) in [5.74, 6) is -1.31. The first-order chi connectivity index (χ1) is 10.9. The number of rotatable bonds is 6. The third-order valence-corrected chi connectivity index (χ3v) is 3.31. The van der Waals surface area contributed by atoms with E-state index in [1.54, 1.807) is 13.8 Å². The molecule has 3 N–H and O–H groups in total. The molecule has 0 unspecified atom stereocenters. The van der Waals surface area contributed by atoms with E-state index in [9.17, 15) is 8.78 Å². The van der Waals surface area contributed by atoms with E-state index in [0.717, 1.165) is 12.1 Å². The van der Waals surface area contributed by atoms with Gasteiger partial charge in [-0.05, 0) is 13.8 Å². The first-order valence-corrected chi connectivity index (χ1v) is 6.95. The lowest BCUT2D eigenvalue weighted by molar-refractivity contribution is 0.334. The Bertz CT molecular complexity index is 726. The van der Waals surface area contributed by atoms with Crippen molar-refractivity contribution in [3.63, 3.8) is 0 Å². The molecule has 0 spiro atoms. The first kappa shape index (κ1) is 19.7. The predicted octanol–water partition coefficient (Wildman–Crippen LogP) is 2.63. The number of hydrogen-bond donors (Lipinski definition) is 2. The first-order valence-electron chi connectivity index (χ1n) is 6.95. The van der Waals surface area contributed by atoms with Gasteiger partial charge in [0.1, 0.15) is 28.9 Å². The Morgan fingerprint density at radius 2 is 1.92 bits per heavy atom. The average molecular weight is 361 g/mol. The third kappa shape index (κ3) is 3.76. The quantitative estimate of drug-likeness (QED) is 0.612. The molecular weight excluding hydrogens is 342 g/mol. The summed E-state index contributed by atoms with van der Waals surface area (Å²) in [7, 11) is 1.41. The highest BCUT2D eigenvalue weighted by molar-refractivity contribution is 5.94. The molecule has 0 aliphatic rings. The number of methoxy groups -OCH3 is 1. The van der Waals surface area contributed by atoms with Crippen LogP contribution in [0.4, 0.5) is 8.78 Å². The summed E-state index contributed by atoms with van der Waals surface area (Å²) >= 11 is 0. The minimum atomic E-state index is -0.743. The van der Waals surface area contributed by atoms with E-state index in [-0.39, 0.29) is 41.8 Å². The SMILES string of the molecule is CCOc1cc(F)c(Cn2nc(C(=N)N)c(C)c2OC)c(F)c1.Cl. The highest BCUT2D eigenvalue weighted by Gasteiger charge is 2.20. The summed E-state index contributed by atoms with van der Waals surface area (Å²) < 4.78 is 39.9. The van der Waals surface area contributed by atoms with E-state index in [0.29, 0.717) is 18.1 Å². The Morgan fingerprint density at radius 3 is 2.38 bits per heavy atom. The molecular formula is C15H19ClF2N4O2. The zero-order chi connectivity index (χ0) is 17.1. The van der Waals surface area contributed by atoms with Gasteiger partial charge in [0.15, 0.2) is 0 Å². The van der Waals surface area contributed by atoms with Crippen molar-refractivity contribution in [2.24, 2.45) is 5.73 Å². The molecule has 0 saturated carbocycles. The lowest BCUT2D eigenvalue weighted by Gasteiger charge is -2.11. The van der Waals surface area contributed by atoms with Gasteiger partial charge in [-0.3, -0.25) is 5.41 Å². The number of halogens is 3. The van der Waals surface area contributed by atoms with Crippen molar-refractivity contribution < 1.29 is 18.3 Å². The van der Waals surface area contributed by atoms with Gasteiger partial charge in [0, 0.05) is 23.3 Å². The summed E-state index contributed by atoms with van der Waals surface area (Å²) in [5, 5.41) is 11.6. The second-order valence-electron chi connectivity index (χ2n) is 4.85. The monoisotopic (exact) mass is 360 g/mol. The molecule has 1 aromatic heterocycles. The number of benzene rings is 1. The van der Waals surface area contributed by atoms with Gasteiger partial charge in [-0.25, -0.2) is 13.5 Å². The number of ether oxygens (including phenoxy) is 2. The van der Waals surface area contributed by atoms with Crippen LogP contribution in [0.5, 0.6) is 11.6 Å². The maximum Gasteiger partial charge on any atom is 0.215 e. The summed E-state index contributed by atoms with van der Waals surface area (Å²) in [6.07, 6.45) is 0. The van der Waals surface area contributed by atoms with Crippen LogP contribution in [0.3, 0.4) is 0 Å². The van der Waals surface area contributed by atoms with Crippen molar-refractivity contribution >= 4 is 18.2 Å². The number of aromatic nitrogens is 2. The molecule has 2 rings (SSSR count). The van der Waals surface area contributed by atoms with Crippen LogP contribution in [0.2, 0.25) is 0 Å². The maximum absolute atomic E-state index is 14.2. The zero-order valence-electron chi connectivity index (χ0n) is 13.5. The number of nitrogens with one attached hydrogen (secondary N) is 1. The highest BCUT2D eigenvalue weighted by Crippen LogP contribution is 2.26. The molecule has 0 saturated heterocycles. The van der Waals surface area contributed by atoms with Gasteiger partial charge >= 0.3 is 0 Å². The fraction of sp³-hybridized carbons (Fsp3) is 0.333. The topological polar surface area (TPSA) is 86.2 Å². The van der Waals surface area contributed by atoms with Crippen LogP contribution in [0.15, 0.2) is 12.1 Å². The zero-order valence-corrected chi connectivity index (χ0v) is 14.3. The summed E-state index contributed by atoms with van der Waals surface area (Å²) in [4.78, 5) is 0. The van der Waals surface area contributed by atoms with Crippen LogP contribution in [0.1, 0.15) is 23.7 Å². The molecule has 6 nitrogen and oxygen atoms in total. The molecule has 1 aromatic carbocycles. The number of nitrogen functional groups attached to an aromatic ring is 1. The van der Waals surface area contributed by atoms with Gasteiger partial charge < -0.3 is 15.2 Å². The minimum absolute atomic E-state index is 0. The minimum Gasteiger partial charge on any atom is -0.494 e. The van der Waals surface area contributed by atoms with Crippen LogP contribution in [0, 0.1) is 24.0 Å². The Balaban J connectivity index is 0.00000288. The smallest absolute Gasteiger partial charge is 0.215 e. The second kappa shape index (κ2) is 7.96. The average Bonchev–Trinajstić information content (AvgIpc) is 2.79. The van der Waals surface area contributed by atoms with Crippen LogP contribution in [-0.2, 0) is 6.54 Å². The molecule has 0 aliphatic heterocycles. The van der Waals surface area contributed by atoms with Gasteiger partial charge in [-0.2, -0.15) is 5.10 Å². The van der Waals surface area contributed by atoms with E-state index in [1.807, 2.05) is 0 Å². The Hall–Kier alpha value is -2.35. The molecule has 0 aliphatic carbocycles. The van der Waals surface area contributed by atoms with Gasteiger partial charge in [-0.1, -0.05) is 0 Å². The van der Waals surface area contributed by atoms with E-state index in [4.69, 9.17) is 20.6 Å². The third-order valence-electron chi connectivity index (χ3n) is 3.31. The van der Waals surface area contributed by atoms with E-state index in [1.165, 1.54) is 11.8 Å². The van der Waals surface area contributed by atoms with Gasteiger partial charge in [0.25, 0.3) is 0 Å². The van der Waals surface area contributed by atoms with E-state index in [2.05, 4.69) is 5.10 Å². The van der Waals surface area contributed by atoms with Gasteiger partial charge in [-0.15, -0.1) is 12.4 Å². The summed E-state index contributed by atoms with van der Waals surface area (Å²) in [6.45, 7) is 3.52. The van der Waals surface area contributed by atoms with Crippen LogP contribution in [-0.4, -0.2) is 29.3 Å². The Morgan fingerprint density at radius 1 is 1.33 bits per heavy atom. The van der Waals surface area contributed by atoms with Gasteiger partial charge in [0.05, 0.1) is 20.3 Å². The van der Waals surface area contributed by atoms with Crippen molar-refractivity contribution in [3.8, 4) is 11.6 Å². The molecule has 2 aromatic rings. The van der Waals surface area contributed by atoms with Crippen molar-refractivity contribution in [1.82, 2.24) is 9.78 Å². The molecule has 132 valence electrons.